The van der Waals surface area contributed by atoms with Gasteiger partial charge in [0.25, 0.3) is 0 Å². The van der Waals surface area contributed by atoms with E-state index >= 15 is 0 Å². The standard InChI is InChI=1S/C25H33N2P2.C9H13.Fe/c1-23(2,3)29(24(4,5)6)18-19-12-11-13-20(19)25(28,21-14-7-9-16-26-21)22-15-8-10-17-27-22;1-9(2,3)8-6-4-5-7-8;/h7-17H,18,28H2,1-6H3;4-7H,1-3H3;. The van der Waals surface area contributed by atoms with Crippen LogP contribution >= 0.6 is 17.2 Å². The van der Waals surface area contributed by atoms with E-state index in [9.17, 15) is 0 Å². The van der Waals surface area contributed by atoms with Gasteiger partial charge in [0.2, 0.25) is 0 Å². The molecule has 2 aromatic rings. The minimum atomic E-state index is -4.20. The minimum absolute atomic E-state index is 0.130. The third-order valence-electron chi connectivity index (χ3n) is 21.2. The van der Waals surface area contributed by atoms with Crippen LogP contribution in [0.2, 0.25) is 46.7 Å². The van der Waals surface area contributed by atoms with E-state index in [4.69, 9.17) is 9.97 Å². The molecule has 0 bridgehead atoms. The number of aromatic nitrogens is 2. The maximum absolute atomic E-state index is 5.28. The van der Waals surface area contributed by atoms with Gasteiger partial charge in [-0.1, -0.05) is 0 Å². The van der Waals surface area contributed by atoms with E-state index in [0.29, 0.717) is 24.4 Å². The summed E-state index contributed by atoms with van der Waals surface area (Å²) in [5.41, 5.74) is 3.09. The van der Waals surface area contributed by atoms with Gasteiger partial charge in [0.15, 0.2) is 0 Å². The predicted octanol–water partition coefficient (Wildman–Crippen LogP) is 10.2. The van der Waals surface area contributed by atoms with Crippen molar-refractivity contribution in [2.45, 2.75) is 124 Å². The molecule has 0 N–H and O–H groups in total. The van der Waals surface area contributed by atoms with Crippen LogP contribution in [0.25, 0.3) is 0 Å². The van der Waals surface area contributed by atoms with E-state index in [2.05, 4.69) is 120 Å². The monoisotopic (exact) mass is 600 g/mol. The topological polar surface area (TPSA) is 25.8 Å². The molecule has 12 heterocycles. The molecule has 0 aromatic carbocycles. The van der Waals surface area contributed by atoms with Gasteiger partial charge in [-0.05, 0) is 0 Å². The van der Waals surface area contributed by atoms with Crippen LogP contribution in [0, 0.1) is 5.41 Å². The van der Waals surface area contributed by atoms with Crippen LogP contribution in [-0.2, 0) is 11.7 Å². The summed E-state index contributed by atoms with van der Waals surface area (Å²) >= 11 is 0. The fraction of sp³-hybridized carbons (Fsp3) is 0.706. The number of hydrogen-bond donors (Lipinski definition) is 0. The molecule has 0 aliphatic carbocycles. The molecule has 0 radical (unpaired) electrons. The molecule has 2 nitrogen and oxygen atoms in total. The Morgan fingerprint density at radius 3 is 1.59 bits per heavy atom. The number of hydrogen-bond acceptors (Lipinski definition) is 2. The van der Waals surface area contributed by atoms with Crippen LogP contribution in [0.3, 0.4) is 0 Å². The molecular formula is C34H46FeN2P2. The van der Waals surface area contributed by atoms with Gasteiger partial charge >= 0.3 is 230 Å². The molecule has 1 spiro atoms. The Bertz CT molecular complexity index is 1980. The van der Waals surface area contributed by atoms with E-state index in [0.717, 1.165) is 9.13 Å². The van der Waals surface area contributed by atoms with Crippen molar-refractivity contribution in [1.29, 1.82) is 0 Å². The Hall–Kier alpha value is -0.321. The second-order valence-electron chi connectivity index (χ2n) is 20.4. The summed E-state index contributed by atoms with van der Waals surface area (Å²) in [5.74, 6) is 0. The Labute approximate surface area is 229 Å². The Balaban J connectivity index is 1.24. The molecule has 2 aromatic heterocycles. The molecule has 12 rings (SSSR count). The van der Waals surface area contributed by atoms with E-state index < -0.39 is 6.51 Å². The van der Waals surface area contributed by atoms with Gasteiger partial charge in [-0.2, -0.15) is 0 Å². The number of rotatable bonds is 5. The summed E-state index contributed by atoms with van der Waals surface area (Å²) in [6.45, 7) is 19.5. The van der Waals surface area contributed by atoms with Gasteiger partial charge < -0.3 is 0 Å². The van der Waals surface area contributed by atoms with Gasteiger partial charge in [-0.15, -0.1) is 0 Å². The Morgan fingerprint density at radius 2 is 1.26 bits per heavy atom. The first kappa shape index (κ1) is 22.3. The maximum atomic E-state index is 5.28. The zero-order valence-corrected chi connectivity index (χ0v) is 28.3. The molecule has 10 unspecified atom stereocenters. The summed E-state index contributed by atoms with van der Waals surface area (Å²) in [5, 5.41) is 0.629. The molecule has 210 valence electrons. The Kier molecular flexibility index (Phi) is 1.77. The van der Waals surface area contributed by atoms with Crippen LogP contribution in [-0.4, -0.2) is 26.4 Å². The van der Waals surface area contributed by atoms with Crippen molar-refractivity contribution in [3.05, 3.63) is 60.2 Å². The SMILES string of the molecule is CC(C)(C)P(C[C]12[CH]3[CH]4[CH]5[C]1(C(P)(c1ccccn1)c1ccccn1)[Fe]43521678[CH]2[CH]1[CH]6[C]7(C(C)(C)C)[CH]28)C(C)(C)C. The van der Waals surface area contributed by atoms with Gasteiger partial charge in [0.05, 0.1) is 0 Å². The Morgan fingerprint density at radius 1 is 0.744 bits per heavy atom. The van der Waals surface area contributed by atoms with Crippen LogP contribution in [0.15, 0.2) is 48.8 Å². The second-order valence-corrected chi connectivity index (χ2v) is 48.1. The van der Waals surface area contributed by atoms with Crippen molar-refractivity contribution >= 4 is 17.2 Å². The van der Waals surface area contributed by atoms with Crippen molar-refractivity contribution < 1.29 is 6.51 Å². The van der Waals surface area contributed by atoms with Crippen LogP contribution in [0.4, 0.5) is 0 Å². The van der Waals surface area contributed by atoms with Crippen molar-refractivity contribution in [2.24, 2.45) is 5.41 Å². The third kappa shape index (κ3) is 0.524. The van der Waals surface area contributed by atoms with Crippen molar-refractivity contribution in [1.82, 2.24) is 9.97 Å². The average Bonchev–Trinajstić information content (AvgIpc) is 3.80. The first-order valence-corrected chi connectivity index (χ1v) is 23.7. The molecule has 0 amide bonds. The van der Waals surface area contributed by atoms with E-state index in [1.165, 1.54) is 40.3 Å². The van der Waals surface area contributed by atoms with Crippen LogP contribution < -0.4 is 0 Å². The zero-order chi connectivity index (χ0) is 27.4. The summed E-state index contributed by atoms with van der Waals surface area (Å²) in [6, 6.07) is 13.5. The number of nitrogens with zero attached hydrogens (tertiary/aromatic N) is 2. The van der Waals surface area contributed by atoms with Crippen LogP contribution in [0.1, 0.15) is 73.7 Å². The molecule has 0 saturated carbocycles. The molecule has 5 heteroatoms. The summed E-state index contributed by atoms with van der Waals surface area (Å²) < 4.78 is 1.91. The van der Waals surface area contributed by atoms with Crippen molar-refractivity contribution in [2.75, 3.05) is 6.16 Å². The number of fused-ring (bicyclic) bond motifs is 10. The van der Waals surface area contributed by atoms with Gasteiger partial charge in [0.1, 0.15) is 0 Å². The van der Waals surface area contributed by atoms with Crippen molar-refractivity contribution in [3.63, 3.8) is 0 Å². The molecule has 10 atom stereocenters. The van der Waals surface area contributed by atoms with E-state index in [1.807, 2.05) is 0 Å². The first-order chi connectivity index (χ1) is 17.9. The quantitative estimate of drug-likeness (QED) is 0.252. The number of pyridine rings is 2. The fourth-order valence-electron chi connectivity index (χ4n) is 24.5. The van der Waals surface area contributed by atoms with Crippen LogP contribution in [0.5, 0.6) is 0 Å². The molecule has 10 aliphatic rings. The summed E-state index contributed by atoms with van der Waals surface area (Å²) in [7, 11) is 3.50. The summed E-state index contributed by atoms with van der Waals surface area (Å²) in [6.07, 6.45) is 5.71. The second kappa shape index (κ2) is 3.11. The normalized spacial score (nSPS) is 64.3. The molecular weight excluding hydrogens is 554 g/mol. The molecule has 10 saturated heterocycles. The molecule has 10 fully saturated rings. The van der Waals surface area contributed by atoms with E-state index in [1.54, 1.807) is 6.16 Å². The first-order valence-electron chi connectivity index (χ1n) is 15.5. The predicted molar refractivity (Wildman–Crippen MR) is 164 cm³/mol. The molecule has 10 aliphatic heterocycles. The van der Waals surface area contributed by atoms with Gasteiger partial charge in [0, 0.05) is 0 Å². The third-order valence-corrected chi connectivity index (χ3v) is 71.3. The zero-order valence-electron chi connectivity index (χ0n) is 25.1. The summed E-state index contributed by atoms with van der Waals surface area (Å²) in [4.78, 5) is 18.8. The van der Waals surface area contributed by atoms with Crippen molar-refractivity contribution in [3.8, 4) is 0 Å². The molecule has 39 heavy (non-hydrogen) atoms. The average molecular weight is 601 g/mol. The fourth-order valence-corrected chi connectivity index (χ4v) is 117. The van der Waals surface area contributed by atoms with Gasteiger partial charge in [-0.25, -0.2) is 0 Å². The van der Waals surface area contributed by atoms with Gasteiger partial charge in [-0.3, -0.25) is 0 Å². The van der Waals surface area contributed by atoms with E-state index in [-0.39, 0.29) is 13.1 Å².